The van der Waals surface area contributed by atoms with Crippen LogP contribution < -0.4 is 36.8 Å². The molecule has 9 rings (SSSR count). The first-order valence-corrected chi connectivity index (χ1v) is 25.5. The Morgan fingerprint density at radius 1 is 0.986 bits per heavy atom. The second-order valence-electron chi connectivity index (χ2n) is 20.9. The molecule has 0 aliphatic carbocycles. The van der Waals surface area contributed by atoms with Crippen molar-refractivity contribution < 1.29 is 41.1 Å². The van der Waals surface area contributed by atoms with Crippen LogP contribution in [0.4, 0.5) is 39.4 Å². The summed E-state index contributed by atoms with van der Waals surface area (Å²) < 4.78 is 79.8. The van der Waals surface area contributed by atoms with E-state index in [-0.39, 0.29) is 72.0 Å². The van der Waals surface area contributed by atoms with Crippen LogP contribution in [0.2, 0.25) is 0 Å². The lowest BCUT2D eigenvalue weighted by Crippen LogP contribution is -2.68. The van der Waals surface area contributed by atoms with Gasteiger partial charge in [0.05, 0.1) is 40.2 Å². The molecule has 5 aromatic rings. The van der Waals surface area contributed by atoms with E-state index in [0.717, 1.165) is 40.6 Å². The van der Waals surface area contributed by atoms with Gasteiger partial charge in [0.2, 0.25) is 23.7 Å². The van der Waals surface area contributed by atoms with Gasteiger partial charge in [-0.1, -0.05) is 45.0 Å². The van der Waals surface area contributed by atoms with Crippen molar-refractivity contribution in [2.75, 3.05) is 68.0 Å². The Kier molecular flexibility index (Phi) is 14.7. The smallest absolute Gasteiger partial charge is 0.399 e. The van der Waals surface area contributed by atoms with Crippen LogP contribution in [0.1, 0.15) is 76.6 Å². The third kappa shape index (κ3) is 11.2. The number of hydrogen-bond acceptors (Lipinski definition) is 14. The summed E-state index contributed by atoms with van der Waals surface area (Å²) in [6, 6.07) is 8.19. The van der Waals surface area contributed by atoms with Gasteiger partial charge in [-0.05, 0) is 68.2 Å². The summed E-state index contributed by atoms with van der Waals surface area (Å²) >= 11 is 1.58. The summed E-state index contributed by atoms with van der Waals surface area (Å²) in [5.41, 5.74) is 5.62. The number of nitrogen functional groups attached to an aromatic ring is 1. The molecule has 4 saturated heterocycles. The van der Waals surface area contributed by atoms with Gasteiger partial charge in [0.15, 0.2) is 5.82 Å². The highest BCUT2D eigenvalue weighted by Gasteiger charge is 2.44. The van der Waals surface area contributed by atoms with E-state index >= 15 is 4.39 Å². The molecule has 7 heterocycles. The number of likely N-dealkylation sites (tertiary alicyclic amines) is 1. The Morgan fingerprint density at radius 3 is 2.38 bits per heavy atom. The highest BCUT2D eigenvalue weighted by Crippen LogP contribution is 2.42. The van der Waals surface area contributed by atoms with Gasteiger partial charge in [0, 0.05) is 81.8 Å². The number of carbonyl (C=O) groups is 3. The zero-order valence-electron chi connectivity index (χ0n) is 41.5. The van der Waals surface area contributed by atoms with Crippen LogP contribution in [0.25, 0.3) is 32.6 Å². The van der Waals surface area contributed by atoms with Gasteiger partial charge < -0.3 is 46.4 Å². The van der Waals surface area contributed by atoms with Crippen LogP contribution in [0.3, 0.4) is 0 Å². The first-order chi connectivity index (χ1) is 34.7. The van der Waals surface area contributed by atoms with E-state index in [2.05, 4.69) is 36.2 Å². The quantitative estimate of drug-likeness (QED) is 0.0417. The standard InChI is InChI=1S/C51H61F5N12O4S/c1-28-43(73-27-60-28)30-10-8-29(9-11-30)21-59-46(70)37-7-6-16-68(37)47(71)44(49(2,3)4)63-38(69)14-17-72-18-15-61-50(5)25-67(26-50)48-64-42-35(45(65-48)66-23-32-12-13-33(24-66)62-32)22-58-41(40(42)53)34-19-31(57)20-36(52)39(34)51(54,55)56/h8-11,19-20,22,27,32-33,37,44,61-62H,6-7,12-18,21,23-26,57H2,1-5H3,(H,59,70)(H,63,69)/t32?,33?,37-,44+/m1/s1. The van der Waals surface area contributed by atoms with Crippen LogP contribution in [-0.4, -0.2) is 125 Å². The molecule has 3 aromatic heterocycles. The summed E-state index contributed by atoms with van der Waals surface area (Å²) in [6.07, 6.45) is -0.822. The molecule has 16 nitrogen and oxygen atoms in total. The molecule has 4 aliphatic heterocycles. The summed E-state index contributed by atoms with van der Waals surface area (Å²) in [7, 11) is 0. The van der Waals surface area contributed by atoms with Crippen LogP contribution in [0, 0.1) is 24.0 Å². The first-order valence-electron chi connectivity index (χ1n) is 24.6. The number of thiazole rings is 1. The van der Waals surface area contributed by atoms with Crippen molar-refractivity contribution in [2.24, 2.45) is 5.41 Å². The lowest BCUT2D eigenvalue weighted by Gasteiger charge is -2.48. The van der Waals surface area contributed by atoms with E-state index in [0.29, 0.717) is 70.5 Å². The van der Waals surface area contributed by atoms with Crippen LogP contribution in [-0.2, 0) is 31.8 Å². The van der Waals surface area contributed by atoms with Gasteiger partial charge in [-0.3, -0.25) is 19.4 Å². The van der Waals surface area contributed by atoms with Crippen molar-refractivity contribution in [1.29, 1.82) is 0 Å². The molecular weight excluding hydrogens is 972 g/mol. The maximum absolute atomic E-state index is 16.7. The maximum atomic E-state index is 16.7. The number of nitrogens with two attached hydrogens (primary N) is 1. The van der Waals surface area contributed by atoms with Crippen molar-refractivity contribution in [3.05, 3.63) is 76.6 Å². The molecule has 6 N–H and O–H groups in total. The molecule has 2 unspecified atom stereocenters. The van der Waals surface area contributed by atoms with Gasteiger partial charge in [0.25, 0.3) is 0 Å². The largest absolute Gasteiger partial charge is 0.419 e. The van der Waals surface area contributed by atoms with E-state index in [1.54, 1.807) is 16.2 Å². The molecule has 390 valence electrons. The molecule has 2 bridgehead atoms. The zero-order valence-corrected chi connectivity index (χ0v) is 42.3. The monoisotopic (exact) mass is 1030 g/mol. The predicted octanol–water partition coefficient (Wildman–Crippen LogP) is 6.36. The molecular formula is C51H61F5N12O4S. The summed E-state index contributed by atoms with van der Waals surface area (Å²) in [5, 5.41) is 13.2. The predicted molar refractivity (Wildman–Crippen MR) is 269 cm³/mol. The summed E-state index contributed by atoms with van der Waals surface area (Å²) in [6.45, 7) is 13.0. The van der Waals surface area contributed by atoms with Gasteiger partial charge in [-0.2, -0.15) is 18.2 Å². The van der Waals surface area contributed by atoms with Crippen LogP contribution >= 0.6 is 11.3 Å². The Labute approximate surface area is 424 Å². The van der Waals surface area contributed by atoms with Crippen molar-refractivity contribution in [3.63, 3.8) is 0 Å². The van der Waals surface area contributed by atoms with Crippen LogP contribution in [0.15, 0.2) is 48.1 Å². The normalized spacial score (nSPS) is 20.1. The summed E-state index contributed by atoms with van der Waals surface area (Å²) in [5.74, 6) is -3.11. The van der Waals surface area contributed by atoms with E-state index in [1.165, 1.54) is 6.20 Å². The third-order valence-corrected chi connectivity index (χ3v) is 15.1. The lowest BCUT2D eigenvalue weighted by molar-refractivity contribution is -0.144. The SMILES string of the molecule is Cc1ncsc1-c1ccc(CNC(=O)[C@H]2CCCN2C(=O)[C@H](NC(=O)CCOCCNC2(C)CN(c3nc(N4CC5CCC(C4)N5)c4cnc(-c5cc(N)cc(F)c5C(F)(F)F)c(F)c4n3)C2)C(C)(C)C)cc1. The highest BCUT2D eigenvalue weighted by molar-refractivity contribution is 7.13. The average Bonchev–Trinajstić information content (AvgIpc) is 4.08. The molecule has 0 spiro atoms. The fraction of sp³-hybridized carbons (Fsp3) is 0.510. The Hall–Kier alpha value is -6.10. The number of carbonyl (C=O) groups excluding carboxylic acids is 3. The van der Waals surface area contributed by atoms with E-state index < -0.39 is 57.7 Å². The number of nitrogens with one attached hydrogen (secondary N) is 4. The number of piperazine rings is 1. The van der Waals surface area contributed by atoms with E-state index in [9.17, 15) is 31.9 Å². The Balaban J connectivity index is 0.778. The maximum Gasteiger partial charge on any atom is 0.419 e. The number of amides is 3. The number of ether oxygens (including phenoxy) is 1. The van der Waals surface area contributed by atoms with E-state index in [4.69, 9.17) is 15.5 Å². The molecule has 3 amide bonds. The van der Waals surface area contributed by atoms with Crippen LogP contribution in [0.5, 0.6) is 0 Å². The highest BCUT2D eigenvalue weighted by atomic mass is 32.1. The second-order valence-corrected chi connectivity index (χ2v) is 21.8. The number of rotatable bonds is 16. The number of pyridine rings is 1. The number of aromatic nitrogens is 4. The summed E-state index contributed by atoms with van der Waals surface area (Å²) in [4.78, 5) is 65.3. The second kappa shape index (κ2) is 20.7. The molecule has 73 heavy (non-hydrogen) atoms. The minimum absolute atomic E-state index is 0.00426. The molecule has 4 fully saturated rings. The molecule has 4 aliphatic rings. The van der Waals surface area contributed by atoms with Gasteiger partial charge in [-0.15, -0.1) is 11.3 Å². The Bertz CT molecular complexity index is 2860. The topological polar surface area (TPSA) is 196 Å². The number of hydrogen-bond donors (Lipinski definition) is 5. The van der Waals surface area contributed by atoms with Crippen molar-refractivity contribution >= 4 is 57.4 Å². The minimum Gasteiger partial charge on any atom is -0.399 e. The van der Waals surface area contributed by atoms with Gasteiger partial charge in [-0.25, -0.2) is 18.7 Å². The number of aryl methyl sites for hydroxylation is 1. The molecule has 2 aromatic carbocycles. The fourth-order valence-electron chi connectivity index (χ4n) is 10.4. The first kappa shape index (κ1) is 51.8. The van der Waals surface area contributed by atoms with Gasteiger partial charge in [0.1, 0.15) is 40.5 Å². The zero-order chi connectivity index (χ0) is 52.0. The number of fused-ring (bicyclic) bond motifs is 3. The van der Waals surface area contributed by atoms with Crippen molar-refractivity contribution in [2.45, 2.75) is 109 Å². The fourth-order valence-corrected chi connectivity index (χ4v) is 11.2. The lowest BCUT2D eigenvalue weighted by atomic mass is 9.85. The number of benzene rings is 2. The van der Waals surface area contributed by atoms with Crippen molar-refractivity contribution in [1.82, 2.24) is 46.1 Å². The number of halogens is 5. The number of anilines is 3. The molecule has 0 saturated carbocycles. The van der Waals surface area contributed by atoms with E-state index in [1.807, 2.05) is 74.2 Å². The third-order valence-electron chi connectivity index (χ3n) is 14.1. The molecule has 4 atom stereocenters. The average molecular weight is 1030 g/mol. The van der Waals surface area contributed by atoms with Crippen molar-refractivity contribution in [3.8, 4) is 21.7 Å². The van der Waals surface area contributed by atoms with Gasteiger partial charge >= 0.3 is 6.18 Å². The Morgan fingerprint density at radius 2 is 1.71 bits per heavy atom. The number of alkyl halides is 3. The molecule has 0 radical (unpaired) electrons. The number of nitrogens with zero attached hydrogens (tertiary/aromatic N) is 7. The molecule has 22 heteroatoms. The minimum atomic E-state index is -5.16.